The van der Waals surface area contributed by atoms with Crippen LogP contribution in [0.1, 0.15) is 12.1 Å². The molecular formula is C17H18FN3O3. The van der Waals surface area contributed by atoms with E-state index in [0.717, 1.165) is 13.0 Å². The third-order valence-electron chi connectivity index (χ3n) is 4.80. The van der Waals surface area contributed by atoms with Gasteiger partial charge in [-0.2, -0.15) is 0 Å². The first-order valence-corrected chi connectivity index (χ1v) is 7.93. The number of benzene rings is 1. The maximum atomic E-state index is 13.9. The molecule has 1 spiro atoms. The van der Waals surface area contributed by atoms with Crippen LogP contribution in [0.3, 0.4) is 0 Å². The summed E-state index contributed by atoms with van der Waals surface area (Å²) in [6.07, 6.45) is 0.466. The summed E-state index contributed by atoms with van der Waals surface area (Å²) in [5, 5.41) is 0.350. The lowest BCUT2D eigenvalue weighted by Crippen LogP contribution is -2.37. The minimum Gasteiger partial charge on any atom is -0.439 e. The van der Waals surface area contributed by atoms with Gasteiger partial charge in [0.05, 0.1) is 12.1 Å². The van der Waals surface area contributed by atoms with Gasteiger partial charge in [-0.15, -0.1) is 0 Å². The van der Waals surface area contributed by atoms with Crippen molar-refractivity contribution in [1.29, 1.82) is 0 Å². The molecule has 0 aliphatic carbocycles. The van der Waals surface area contributed by atoms with E-state index in [1.54, 1.807) is 18.0 Å². The molecule has 4 rings (SSSR count). The van der Waals surface area contributed by atoms with Gasteiger partial charge in [0.2, 0.25) is 0 Å². The lowest BCUT2D eigenvalue weighted by molar-refractivity contribution is 0.0626. The van der Waals surface area contributed by atoms with E-state index in [9.17, 15) is 14.0 Å². The summed E-state index contributed by atoms with van der Waals surface area (Å²) in [4.78, 5) is 30.5. The van der Waals surface area contributed by atoms with Crippen LogP contribution < -0.4 is 5.43 Å². The van der Waals surface area contributed by atoms with Crippen LogP contribution in [0.15, 0.2) is 29.1 Å². The average molecular weight is 331 g/mol. The molecule has 1 aromatic heterocycles. The van der Waals surface area contributed by atoms with Crippen LogP contribution in [-0.4, -0.2) is 53.2 Å². The highest BCUT2D eigenvalue weighted by Crippen LogP contribution is 2.32. The minimum absolute atomic E-state index is 0.195. The predicted octanol–water partition coefficient (Wildman–Crippen LogP) is 1.69. The zero-order chi connectivity index (χ0) is 16.9. The molecule has 2 aliphatic heterocycles. The van der Waals surface area contributed by atoms with Crippen LogP contribution in [0.2, 0.25) is 0 Å². The Morgan fingerprint density at radius 1 is 1.33 bits per heavy atom. The van der Waals surface area contributed by atoms with Crippen LogP contribution in [0, 0.1) is 5.82 Å². The number of likely N-dealkylation sites (tertiary alicyclic amines) is 1. The summed E-state index contributed by atoms with van der Waals surface area (Å²) in [5.41, 5.74) is 0.237. The Hall–Kier alpha value is -2.41. The standard InChI is InChI=1S/C17H18FN3O3/c1-20-9-17(24-16(20)23)5-6-21(10-17)8-11-7-14(22)12-3-2-4-13(18)15(12)19-11/h2-4,7H,5-6,8-10H2,1H3,(H,19,22). The van der Waals surface area contributed by atoms with E-state index in [0.29, 0.717) is 30.7 Å². The molecule has 2 aromatic rings. The van der Waals surface area contributed by atoms with E-state index < -0.39 is 11.4 Å². The molecule has 1 amide bonds. The highest BCUT2D eigenvalue weighted by molar-refractivity contribution is 5.78. The number of nitrogens with one attached hydrogen (secondary N) is 1. The molecule has 7 heteroatoms. The van der Waals surface area contributed by atoms with Gasteiger partial charge in [0.15, 0.2) is 5.43 Å². The smallest absolute Gasteiger partial charge is 0.410 e. The average Bonchev–Trinajstić information content (AvgIpc) is 3.03. The molecule has 2 saturated heterocycles. The van der Waals surface area contributed by atoms with Crippen molar-refractivity contribution in [2.75, 3.05) is 26.7 Å². The van der Waals surface area contributed by atoms with Gasteiger partial charge in [0.1, 0.15) is 11.4 Å². The predicted molar refractivity (Wildman–Crippen MR) is 86.3 cm³/mol. The number of rotatable bonds is 2. The van der Waals surface area contributed by atoms with Crippen molar-refractivity contribution in [3.05, 3.63) is 46.0 Å². The minimum atomic E-state index is -0.464. The summed E-state index contributed by atoms with van der Waals surface area (Å²) >= 11 is 0. The number of halogens is 1. The molecule has 6 nitrogen and oxygen atoms in total. The lowest BCUT2D eigenvalue weighted by atomic mass is 10.0. The van der Waals surface area contributed by atoms with Gasteiger partial charge < -0.3 is 14.6 Å². The normalized spacial score (nSPS) is 24.2. The van der Waals surface area contributed by atoms with E-state index in [1.165, 1.54) is 18.2 Å². The number of hydrogen-bond acceptors (Lipinski definition) is 4. The number of aromatic amines is 1. The SMILES string of the molecule is CN1CC2(CCN(Cc3cc(=O)c4cccc(F)c4[nH]3)C2)OC1=O. The second kappa shape index (κ2) is 5.31. The Bertz CT molecular complexity index is 881. The van der Waals surface area contributed by atoms with E-state index in [1.807, 2.05) is 0 Å². The Morgan fingerprint density at radius 3 is 2.92 bits per heavy atom. The molecule has 126 valence electrons. The molecule has 1 atom stereocenters. The highest BCUT2D eigenvalue weighted by atomic mass is 19.1. The number of fused-ring (bicyclic) bond motifs is 1. The van der Waals surface area contributed by atoms with Crippen molar-refractivity contribution in [1.82, 2.24) is 14.8 Å². The van der Waals surface area contributed by atoms with Gasteiger partial charge in [-0.05, 0) is 12.1 Å². The maximum absolute atomic E-state index is 13.9. The van der Waals surface area contributed by atoms with Crippen LogP contribution in [0.25, 0.3) is 10.9 Å². The molecule has 24 heavy (non-hydrogen) atoms. The number of amides is 1. The molecule has 1 unspecified atom stereocenters. The number of para-hydroxylation sites is 1. The van der Waals surface area contributed by atoms with Gasteiger partial charge in [0.25, 0.3) is 0 Å². The fourth-order valence-electron chi connectivity index (χ4n) is 3.68. The lowest BCUT2D eigenvalue weighted by Gasteiger charge is -2.21. The van der Waals surface area contributed by atoms with Gasteiger partial charge >= 0.3 is 6.09 Å². The second-order valence-electron chi connectivity index (χ2n) is 6.69. The number of nitrogens with zero attached hydrogens (tertiary/aromatic N) is 2. The van der Waals surface area contributed by atoms with E-state index >= 15 is 0 Å². The van der Waals surface area contributed by atoms with Crippen molar-refractivity contribution in [3.63, 3.8) is 0 Å². The summed E-state index contributed by atoms with van der Waals surface area (Å²) in [5.74, 6) is -0.435. The number of ether oxygens (including phenoxy) is 1. The number of hydrogen-bond donors (Lipinski definition) is 1. The Kier molecular flexibility index (Phi) is 3.35. The summed E-state index contributed by atoms with van der Waals surface area (Å²) in [6, 6.07) is 5.99. The van der Waals surface area contributed by atoms with Gasteiger partial charge in [-0.1, -0.05) is 6.07 Å². The molecule has 0 radical (unpaired) electrons. The maximum Gasteiger partial charge on any atom is 0.410 e. The zero-order valence-electron chi connectivity index (χ0n) is 13.3. The van der Waals surface area contributed by atoms with Crippen LogP contribution >= 0.6 is 0 Å². The molecule has 3 heterocycles. The second-order valence-corrected chi connectivity index (χ2v) is 6.69. The van der Waals surface area contributed by atoms with Crippen LogP contribution in [0.5, 0.6) is 0 Å². The number of aromatic nitrogens is 1. The summed E-state index contributed by atoms with van der Waals surface area (Å²) in [6.45, 7) is 2.44. The fourth-order valence-corrected chi connectivity index (χ4v) is 3.68. The topological polar surface area (TPSA) is 65.6 Å². The quantitative estimate of drug-likeness (QED) is 0.909. The fraction of sp³-hybridized carbons (Fsp3) is 0.412. The number of pyridine rings is 1. The van der Waals surface area contributed by atoms with Crippen molar-refractivity contribution in [2.45, 2.75) is 18.6 Å². The molecular weight excluding hydrogens is 313 g/mol. The Morgan fingerprint density at radius 2 is 2.17 bits per heavy atom. The van der Waals surface area contributed by atoms with Crippen molar-refractivity contribution in [2.24, 2.45) is 0 Å². The third kappa shape index (κ3) is 2.45. The molecule has 1 N–H and O–H groups in total. The van der Waals surface area contributed by atoms with Gasteiger partial charge in [-0.3, -0.25) is 9.69 Å². The summed E-state index contributed by atoms with van der Waals surface area (Å²) < 4.78 is 19.5. The van der Waals surface area contributed by atoms with E-state index in [4.69, 9.17) is 4.74 Å². The highest BCUT2D eigenvalue weighted by Gasteiger charge is 2.48. The molecule has 0 saturated carbocycles. The monoisotopic (exact) mass is 331 g/mol. The first-order chi connectivity index (χ1) is 11.5. The van der Waals surface area contributed by atoms with Crippen molar-refractivity contribution in [3.8, 4) is 0 Å². The van der Waals surface area contributed by atoms with E-state index in [2.05, 4.69) is 9.88 Å². The molecule has 2 aliphatic rings. The number of H-pyrrole nitrogens is 1. The third-order valence-corrected chi connectivity index (χ3v) is 4.80. The zero-order valence-corrected chi connectivity index (χ0v) is 13.3. The van der Waals surface area contributed by atoms with Gasteiger partial charge in [0, 0.05) is 50.2 Å². The molecule has 0 bridgehead atoms. The first kappa shape index (κ1) is 15.1. The Labute approximate surface area is 137 Å². The van der Waals surface area contributed by atoms with Crippen LogP contribution in [-0.2, 0) is 11.3 Å². The van der Waals surface area contributed by atoms with Crippen molar-refractivity contribution >= 4 is 17.0 Å². The number of carbonyl (C=O) groups excluding carboxylic acids is 1. The number of carbonyl (C=O) groups is 1. The van der Waals surface area contributed by atoms with Crippen molar-refractivity contribution < 1.29 is 13.9 Å². The van der Waals surface area contributed by atoms with Crippen LogP contribution in [0.4, 0.5) is 9.18 Å². The number of likely N-dealkylation sites (N-methyl/N-ethyl adjacent to an activating group) is 1. The largest absolute Gasteiger partial charge is 0.439 e. The molecule has 1 aromatic carbocycles. The van der Waals surface area contributed by atoms with Gasteiger partial charge in [-0.25, -0.2) is 9.18 Å². The summed E-state index contributed by atoms with van der Waals surface area (Å²) in [7, 11) is 1.73. The molecule has 2 fully saturated rings. The Balaban J connectivity index is 1.57. The first-order valence-electron chi connectivity index (χ1n) is 7.93. The van der Waals surface area contributed by atoms with E-state index in [-0.39, 0.29) is 17.0 Å².